The van der Waals surface area contributed by atoms with Gasteiger partial charge >= 0.3 is 0 Å². The second-order valence-electron chi connectivity index (χ2n) is 3.97. The molecule has 2 heteroatoms. The molecular weight excluding hydrogens is 210 g/mol. The monoisotopic (exact) mass is 224 g/mol. The summed E-state index contributed by atoms with van der Waals surface area (Å²) in [6.07, 6.45) is 0. The van der Waals surface area contributed by atoms with Gasteiger partial charge in [0.25, 0.3) is 5.91 Å². The molecule has 0 saturated carbocycles. The summed E-state index contributed by atoms with van der Waals surface area (Å²) in [5.41, 5.74) is 3.35. The molecule has 0 aromatic heterocycles. The molecule has 1 amide bonds. The maximum atomic E-state index is 12.0. The van der Waals surface area contributed by atoms with Crippen molar-refractivity contribution < 1.29 is 4.79 Å². The molecule has 1 radical (unpaired) electrons. The molecule has 0 aliphatic heterocycles. The first-order chi connectivity index (χ1) is 8.16. The number of anilines is 1. The third kappa shape index (κ3) is 2.72. The lowest BCUT2D eigenvalue weighted by molar-refractivity contribution is 0.102. The Balaban J connectivity index is 2.20. The van der Waals surface area contributed by atoms with Gasteiger partial charge < -0.3 is 5.32 Å². The van der Waals surface area contributed by atoms with E-state index in [9.17, 15) is 4.79 Å². The first-order valence-corrected chi connectivity index (χ1v) is 5.46. The number of hydrogen-bond donors (Lipinski definition) is 1. The molecule has 0 aliphatic rings. The van der Waals surface area contributed by atoms with Crippen LogP contribution in [0.25, 0.3) is 0 Å². The van der Waals surface area contributed by atoms with Gasteiger partial charge in [0.15, 0.2) is 0 Å². The van der Waals surface area contributed by atoms with E-state index in [1.165, 1.54) is 0 Å². The van der Waals surface area contributed by atoms with Gasteiger partial charge in [0.2, 0.25) is 0 Å². The van der Waals surface area contributed by atoms with Crippen LogP contribution in [-0.2, 0) is 0 Å². The minimum atomic E-state index is -0.107. The Morgan fingerprint density at radius 1 is 1.12 bits per heavy atom. The van der Waals surface area contributed by atoms with Crippen molar-refractivity contribution in [1.82, 2.24) is 0 Å². The predicted octanol–water partition coefficient (Wildman–Crippen LogP) is 3.43. The predicted molar refractivity (Wildman–Crippen MR) is 70.0 cm³/mol. The Morgan fingerprint density at radius 2 is 1.88 bits per heavy atom. The Kier molecular flexibility index (Phi) is 3.24. The Bertz CT molecular complexity index is 546. The van der Waals surface area contributed by atoms with Gasteiger partial charge in [-0.2, -0.15) is 0 Å². The van der Waals surface area contributed by atoms with E-state index in [1.807, 2.05) is 43.3 Å². The molecule has 0 atom stereocenters. The third-order valence-corrected chi connectivity index (χ3v) is 2.58. The minimum absolute atomic E-state index is 0.107. The highest BCUT2D eigenvalue weighted by Gasteiger charge is 2.06. The summed E-state index contributed by atoms with van der Waals surface area (Å²) in [5.74, 6) is -0.107. The van der Waals surface area contributed by atoms with Crippen molar-refractivity contribution >= 4 is 11.6 Å². The molecule has 2 rings (SSSR count). The first kappa shape index (κ1) is 11.4. The minimum Gasteiger partial charge on any atom is -0.322 e. The zero-order chi connectivity index (χ0) is 12.3. The van der Waals surface area contributed by atoms with Crippen LogP contribution in [0.1, 0.15) is 21.5 Å². The van der Waals surface area contributed by atoms with Gasteiger partial charge in [-0.05, 0) is 43.2 Å². The summed E-state index contributed by atoms with van der Waals surface area (Å²) in [4.78, 5) is 12.0. The van der Waals surface area contributed by atoms with Crippen LogP contribution in [0.5, 0.6) is 0 Å². The van der Waals surface area contributed by atoms with Crippen molar-refractivity contribution in [3.63, 3.8) is 0 Å². The highest BCUT2D eigenvalue weighted by molar-refractivity contribution is 6.04. The quantitative estimate of drug-likeness (QED) is 0.832. The zero-order valence-corrected chi connectivity index (χ0v) is 9.73. The molecule has 17 heavy (non-hydrogen) atoms. The van der Waals surface area contributed by atoms with Crippen LogP contribution in [0, 0.1) is 13.8 Å². The SMILES string of the molecule is [CH2]c1cccc(C(=O)Nc2ccccc2C)c1. The fourth-order valence-electron chi connectivity index (χ4n) is 1.62. The number of nitrogens with one attached hydrogen (secondary N) is 1. The number of para-hydroxylation sites is 1. The molecule has 85 valence electrons. The highest BCUT2D eigenvalue weighted by atomic mass is 16.1. The number of amides is 1. The van der Waals surface area contributed by atoms with Crippen molar-refractivity contribution in [3.05, 3.63) is 72.1 Å². The van der Waals surface area contributed by atoms with Crippen molar-refractivity contribution in [2.45, 2.75) is 6.92 Å². The van der Waals surface area contributed by atoms with Crippen LogP contribution in [0.15, 0.2) is 48.5 Å². The van der Waals surface area contributed by atoms with Crippen LogP contribution >= 0.6 is 0 Å². The molecule has 1 N–H and O–H groups in total. The molecule has 0 heterocycles. The Morgan fingerprint density at radius 3 is 2.59 bits per heavy atom. The Hall–Kier alpha value is -2.09. The van der Waals surface area contributed by atoms with Crippen LogP contribution in [0.4, 0.5) is 5.69 Å². The molecule has 0 fully saturated rings. The number of hydrogen-bond acceptors (Lipinski definition) is 1. The second kappa shape index (κ2) is 4.83. The average Bonchev–Trinajstić information content (AvgIpc) is 2.32. The molecule has 0 bridgehead atoms. The second-order valence-corrected chi connectivity index (χ2v) is 3.97. The number of aryl methyl sites for hydroxylation is 1. The van der Waals surface area contributed by atoms with Gasteiger partial charge in [-0.1, -0.05) is 30.3 Å². The van der Waals surface area contributed by atoms with Crippen molar-refractivity contribution in [1.29, 1.82) is 0 Å². The van der Waals surface area contributed by atoms with E-state index in [2.05, 4.69) is 12.2 Å². The molecule has 2 nitrogen and oxygen atoms in total. The molecule has 0 spiro atoms. The summed E-state index contributed by atoms with van der Waals surface area (Å²) >= 11 is 0. The summed E-state index contributed by atoms with van der Waals surface area (Å²) in [6, 6.07) is 15.0. The summed E-state index contributed by atoms with van der Waals surface area (Å²) < 4.78 is 0. The topological polar surface area (TPSA) is 29.1 Å². The lowest BCUT2D eigenvalue weighted by Crippen LogP contribution is -2.12. The molecule has 2 aromatic rings. The van der Waals surface area contributed by atoms with E-state index in [0.29, 0.717) is 5.56 Å². The van der Waals surface area contributed by atoms with Gasteiger partial charge in [0.05, 0.1) is 0 Å². The standard InChI is InChI=1S/C15H14NO/c1-11-6-5-8-13(10-11)15(17)16-14-9-4-3-7-12(14)2/h3-10H,1H2,2H3,(H,16,17). The van der Waals surface area contributed by atoms with Gasteiger partial charge in [0.1, 0.15) is 0 Å². The number of rotatable bonds is 2. The van der Waals surface area contributed by atoms with E-state index >= 15 is 0 Å². The van der Waals surface area contributed by atoms with Gasteiger partial charge in [0, 0.05) is 11.3 Å². The average molecular weight is 224 g/mol. The van der Waals surface area contributed by atoms with Crippen molar-refractivity contribution in [2.75, 3.05) is 5.32 Å². The number of benzene rings is 2. The van der Waals surface area contributed by atoms with Crippen LogP contribution < -0.4 is 5.32 Å². The molecule has 0 aliphatic carbocycles. The largest absolute Gasteiger partial charge is 0.322 e. The zero-order valence-electron chi connectivity index (χ0n) is 9.73. The first-order valence-electron chi connectivity index (χ1n) is 5.46. The lowest BCUT2D eigenvalue weighted by Gasteiger charge is -2.08. The van der Waals surface area contributed by atoms with Gasteiger partial charge in [-0.3, -0.25) is 4.79 Å². The highest BCUT2D eigenvalue weighted by Crippen LogP contribution is 2.15. The van der Waals surface area contributed by atoms with E-state index in [4.69, 9.17) is 0 Å². The summed E-state index contributed by atoms with van der Waals surface area (Å²) in [7, 11) is 0. The molecule has 0 saturated heterocycles. The van der Waals surface area contributed by atoms with E-state index in [-0.39, 0.29) is 5.91 Å². The normalized spacial score (nSPS) is 10.0. The maximum Gasteiger partial charge on any atom is 0.255 e. The smallest absolute Gasteiger partial charge is 0.255 e. The Labute approximate surface area is 101 Å². The molecular formula is C15H14NO. The molecule has 2 aromatic carbocycles. The van der Waals surface area contributed by atoms with Crippen LogP contribution in [0.3, 0.4) is 0 Å². The third-order valence-electron chi connectivity index (χ3n) is 2.58. The number of carbonyl (C=O) groups excluding carboxylic acids is 1. The van der Waals surface area contributed by atoms with Crippen LogP contribution in [0.2, 0.25) is 0 Å². The van der Waals surface area contributed by atoms with Gasteiger partial charge in [-0.25, -0.2) is 0 Å². The lowest BCUT2D eigenvalue weighted by atomic mass is 10.1. The van der Waals surface area contributed by atoms with Gasteiger partial charge in [-0.15, -0.1) is 0 Å². The fourth-order valence-corrected chi connectivity index (χ4v) is 1.62. The van der Waals surface area contributed by atoms with Crippen molar-refractivity contribution in [3.8, 4) is 0 Å². The van der Waals surface area contributed by atoms with E-state index in [0.717, 1.165) is 16.8 Å². The summed E-state index contributed by atoms with van der Waals surface area (Å²) in [6.45, 7) is 5.77. The van der Waals surface area contributed by atoms with Crippen molar-refractivity contribution in [2.24, 2.45) is 0 Å². The van der Waals surface area contributed by atoms with Crippen LogP contribution in [-0.4, -0.2) is 5.91 Å². The van der Waals surface area contributed by atoms with E-state index < -0.39 is 0 Å². The molecule has 0 unspecified atom stereocenters. The van der Waals surface area contributed by atoms with E-state index in [1.54, 1.807) is 12.1 Å². The maximum absolute atomic E-state index is 12.0. The summed E-state index contributed by atoms with van der Waals surface area (Å²) in [5, 5.41) is 2.89. The number of carbonyl (C=O) groups is 1. The fraction of sp³-hybridized carbons (Fsp3) is 0.0667.